The molecule has 1 aromatic rings. The average Bonchev–Trinajstić information content (AvgIpc) is 3.06. The number of amides is 1. The molecule has 1 aromatic carbocycles. The summed E-state index contributed by atoms with van der Waals surface area (Å²) in [5, 5.41) is 4.16. The molecule has 3 nitrogen and oxygen atoms in total. The molecule has 1 aliphatic heterocycles. The standard InChI is InChI=1S/C15H17Cl2NO2/c16-13-3-1-2-10(14(13)17)11-6-12(11)15(19)18-7-9-4-5-20-8-9/h1-3,9,11-12H,4-8H2,(H,18,19)/t9-,11-,12-/m0/s1. The third-order valence-electron chi connectivity index (χ3n) is 4.10. The maximum absolute atomic E-state index is 12.1. The number of carbonyl (C=O) groups is 1. The first-order chi connectivity index (χ1) is 9.66. The summed E-state index contributed by atoms with van der Waals surface area (Å²) >= 11 is 12.2. The highest BCUT2D eigenvalue weighted by molar-refractivity contribution is 6.42. The second-order valence-electron chi connectivity index (χ2n) is 5.57. The zero-order chi connectivity index (χ0) is 14.1. The summed E-state index contributed by atoms with van der Waals surface area (Å²) in [7, 11) is 0. The van der Waals surface area contributed by atoms with E-state index in [0.29, 0.717) is 22.5 Å². The molecule has 1 heterocycles. The molecule has 20 heavy (non-hydrogen) atoms. The molecule has 108 valence electrons. The minimum atomic E-state index is 0.0355. The lowest BCUT2D eigenvalue weighted by Gasteiger charge is -2.10. The summed E-state index contributed by atoms with van der Waals surface area (Å²) < 4.78 is 5.30. The normalized spacial score (nSPS) is 28.4. The molecule has 2 fully saturated rings. The Bertz CT molecular complexity index is 515. The lowest BCUT2D eigenvalue weighted by Crippen LogP contribution is -2.31. The van der Waals surface area contributed by atoms with Crippen LogP contribution in [0.3, 0.4) is 0 Å². The third kappa shape index (κ3) is 2.95. The zero-order valence-corrected chi connectivity index (χ0v) is 12.6. The van der Waals surface area contributed by atoms with Crippen LogP contribution in [-0.4, -0.2) is 25.7 Å². The summed E-state index contributed by atoms with van der Waals surface area (Å²) in [6, 6.07) is 5.61. The van der Waals surface area contributed by atoms with Crippen LogP contribution in [0.25, 0.3) is 0 Å². The van der Waals surface area contributed by atoms with Crippen molar-refractivity contribution >= 4 is 29.1 Å². The number of hydrogen-bond acceptors (Lipinski definition) is 2. The van der Waals surface area contributed by atoms with E-state index >= 15 is 0 Å². The van der Waals surface area contributed by atoms with E-state index in [-0.39, 0.29) is 17.7 Å². The molecule has 0 aromatic heterocycles. The molecule has 0 unspecified atom stereocenters. The SMILES string of the molecule is O=C(NC[C@@H]1CCOC1)[C@H]1C[C@H]1c1cccc(Cl)c1Cl. The molecule has 5 heteroatoms. The van der Waals surface area contributed by atoms with Gasteiger partial charge in [-0.1, -0.05) is 35.3 Å². The molecule has 1 amide bonds. The Morgan fingerprint density at radius 1 is 1.40 bits per heavy atom. The van der Waals surface area contributed by atoms with Crippen LogP contribution in [-0.2, 0) is 9.53 Å². The molecule has 0 spiro atoms. The first-order valence-electron chi connectivity index (χ1n) is 6.96. The first kappa shape index (κ1) is 14.2. The van der Waals surface area contributed by atoms with Crippen LogP contribution in [0.4, 0.5) is 0 Å². The Labute approximate surface area is 128 Å². The number of hydrogen-bond donors (Lipinski definition) is 1. The predicted octanol–water partition coefficient (Wildman–Crippen LogP) is 3.25. The van der Waals surface area contributed by atoms with Crippen LogP contribution >= 0.6 is 23.2 Å². The van der Waals surface area contributed by atoms with Gasteiger partial charge in [0.15, 0.2) is 0 Å². The van der Waals surface area contributed by atoms with Crippen LogP contribution in [0, 0.1) is 11.8 Å². The number of rotatable bonds is 4. The second kappa shape index (κ2) is 5.92. The first-order valence-corrected chi connectivity index (χ1v) is 7.71. The van der Waals surface area contributed by atoms with Gasteiger partial charge in [-0.15, -0.1) is 0 Å². The van der Waals surface area contributed by atoms with Gasteiger partial charge in [0.05, 0.1) is 16.7 Å². The number of nitrogens with one attached hydrogen (secondary N) is 1. The Hall–Kier alpha value is -0.770. The van der Waals surface area contributed by atoms with Crippen molar-refractivity contribution in [2.75, 3.05) is 19.8 Å². The largest absolute Gasteiger partial charge is 0.381 e. The summed E-state index contributed by atoms with van der Waals surface area (Å²) in [6.45, 7) is 2.28. The van der Waals surface area contributed by atoms with Gasteiger partial charge in [-0.3, -0.25) is 4.79 Å². The van der Waals surface area contributed by atoms with Crippen molar-refractivity contribution in [1.29, 1.82) is 0 Å². The van der Waals surface area contributed by atoms with Gasteiger partial charge in [0, 0.05) is 25.0 Å². The fraction of sp³-hybridized carbons (Fsp3) is 0.533. The average molecular weight is 314 g/mol. The van der Waals surface area contributed by atoms with Gasteiger partial charge in [0.25, 0.3) is 0 Å². The van der Waals surface area contributed by atoms with Crippen molar-refractivity contribution in [3.63, 3.8) is 0 Å². The Kier molecular flexibility index (Phi) is 4.20. The van der Waals surface area contributed by atoms with Crippen LogP contribution in [0.5, 0.6) is 0 Å². The molecule has 1 saturated heterocycles. The maximum Gasteiger partial charge on any atom is 0.223 e. The molecule has 3 rings (SSSR count). The topological polar surface area (TPSA) is 38.3 Å². The molecule has 1 N–H and O–H groups in total. The number of carbonyl (C=O) groups excluding carboxylic acids is 1. The molecule has 1 aliphatic carbocycles. The van der Waals surface area contributed by atoms with E-state index in [4.69, 9.17) is 27.9 Å². The highest BCUT2D eigenvalue weighted by Gasteiger charge is 2.45. The minimum Gasteiger partial charge on any atom is -0.381 e. The minimum absolute atomic E-state index is 0.0355. The fourth-order valence-electron chi connectivity index (χ4n) is 2.76. The Balaban J connectivity index is 1.55. The van der Waals surface area contributed by atoms with Crippen molar-refractivity contribution < 1.29 is 9.53 Å². The lowest BCUT2D eigenvalue weighted by atomic mass is 10.1. The van der Waals surface area contributed by atoms with Gasteiger partial charge >= 0.3 is 0 Å². The van der Waals surface area contributed by atoms with E-state index in [1.54, 1.807) is 6.07 Å². The quantitative estimate of drug-likeness (QED) is 0.926. The smallest absolute Gasteiger partial charge is 0.223 e. The zero-order valence-electron chi connectivity index (χ0n) is 11.1. The lowest BCUT2D eigenvalue weighted by molar-refractivity contribution is -0.122. The van der Waals surface area contributed by atoms with Gasteiger partial charge in [-0.2, -0.15) is 0 Å². The van der Waals surface area contributed by atoms with E-state index in [0.717, 1.165) is 31.6 Å². The summed E-state index contributed by atoms with van der Waals surface area (Å²) in [4.78, 5) is 12.1. The van der Waals surface area contributed by atoms with Crippen molar-refractivity contribution in [2.45, 2.75) is 18.8 Å². The van der Waals surface area contributed by atoms with Crippen LogP contribution in [0.15, 0.2) is 18.2 Å². The highest BCUT2D eigenvalue weighted by Crippen LogP contribution is 2.50. The van der Waals surface area contributed by atoms with Crippen LogP contribution in [0.1, 0.15) is 24.3 Å². The van der Waals surface area contributed by atoms with Crippen molar-refractivity contribution in [3.8, 4) is 0 Å². The van der Waals surface area contributed by atoms with E-state index in [1.165, 1.54) is 0 Å². The Morgan fingerprint density at radius 3 is 3.00 bits per heavy atom. The van der Waals surface area contributed by atoms with Crippen molar-refractivity contribution in [1.82, 2.24) is 5.32 Å². The summed E-state index contributed by atoms with van der Waals surface area (Å²) in [5.74, 6) is 0.832. The maximum atomic E-state index is 12.1. The Morgan fingerprint density at radius 2 is 2.25 bits per heavy atom. The van der Waals surface area contributed by atoms with Gasteiger partial charge in [0.1, 0.15) is 0 Å². The van der Waals surface area contributed by atoms with Crippen molar-refractivity contribution in [2.24, 2.45) is 11.8 Å². The van der Waals surface area contributed by atoms with Gasteiger partial charge in [-0.25, -0.2) is 0 Å². The van der Waals surface area contributed by atoms with Gasteiger partial charge < -0.3 is 10.1 Å². The monoisotopic (exact) mass is 313 g/mol. The van der Waals surface area contributed by atoms with E-state index in [1.807, 2.05) is 12.1 Å². The van der Waals surface area contributed by atoms with Gasteiger partial charge in [-0.05, 0) is 30.4 Å². The fourth-order valence-corrected chi connectivity index (χ4v) is 3.20. The van der Waals surface area contributed by atoms with Crippen LogP contribution in [0.2, 0.25) is 10.0 Å². The summed E-state index contributed by atoms with van der Waals surface area (Å²) in [6.07, 6.45) is 1.89. The van der Waals surface area contributed by atoms with E-state index in [9.17, 15) is 4.79 Å². The summed E-state index contributed by atoms with van der Waals surface area (Å²) in [5.41, 5.74) is 0.989. The molecule has 2 aliphatic rings. The molecule has 3 atom stereocenters. The second-order valence-corrected chi connectivity index (χ2v) is 6.35. The van der Waals surface area contributed by atoms with Gasteiger partial charge in [0.2, 0.25) is 5.91 Å². The number of benzene rings is 1. The molecular weight excluding hydrogens is 297 g/mol. The molecule has 1 saturated carbocycles. The highest BCUT2D eigenvalue weighted by atomic mass is 35.5. The molecular formula is C15H17Cl2NO2. The predicted molar refractivity (Wildman–Crippen MR) is 79.2 cm³/mol. The number of halogens is 2. The van der Waals surface area contributed by atoms with E-state index < -0.39 is 0 Å². The molecule has 0 radical (unpaired) electrons. The van der Waals surface area contributed by atoms with Crippen LogP contribution < -0.4 is 5.32 Å². The number of ether oxygens (including phenoxy) is 1. The third-order valence-corrected chi connectivity index (χ3v) is 4.93. The van der Waals surface area contributed by atoms with Crippen molar-refractivity contribution in [3.05, 3.63) is 33.8 Å². The van der Waals surface area contributed by atoms with E-state index in [2.05, 4.69) is 5.32 Å². The molecule has 0 bridgehead atoms.